The van der Waals surface area contributed by atoms with E-state index >= 15 is 0 Å². The average molecular weight is 161 g/mol. The van der Waals surface area contributed by atoms with Crippen LogP contribution in [0.5, 0.6) is 0 Å². The van der Waals surface area contributed by atoms with Gasteiger partial charge in [-0.25, -0.2) is 0 Å². The minimum Gasteiger partial charge on any atom is -0.281 e. The van der Waals surface area contributed by atoms with Crippen molar-refractivity contribution in [3.8, 4) is 0 Å². The summed E-state index contributed by atoms with van der Waals surface area (Å²) in [6, 6.07) is 0. The first-order valence-electron chi connectivity index (χ1n) is 3.91. The van der Waals surface area contributed by atoms with Crippen LogP contribution in [0.1, 0.15) is 32.6 Å². The van der Waals surface area contributed by atoms with Gasteiger partial charge in [0.25, 0.3) is 0 Å². The second kappa shape index (κ2) is 3.38. The summed E-state index contributed by atoms with van der Waals surface area (Å²) >= 11 is 5.41. The predicted molar refractivity (Wildman–Crippen MR) is 42.0 cm³/mol. The number of rotatable bonds is 1. The molecule has 10 heavy (non-hydrogen) atoms. The second-order valence-electron chi connectivity index (χ2n) is 3.17. The number of hydrogen-bond acceptors (Lipinski definition) is 1. The van der Waals surface area contributed by atoms with Crippen LogP contribution in [0.4, 0.5) is 0 Å². The molecule has 0 N–H and O–H groups in total. The molecular weight excluding hydrogens is 148 g/mol. The van der Waals surface area contributed by atoms with Gasteiger partial charge in [0.2, 0.25) is 5.24 Å². The molecule has 0 saturated heterocycles. The van der Waals surface area contributed by atoms with Crippen molar-refractivity contribution < 1.29 is 4.79 Å². The van der Waals surface area contributed by atoms with Gasteiger partial charge in [-0.1, -0.05) is 19.8 Å². The standard InChI is InChI=1S/C8H13ClO/c1-6-4-2-3-5-7(6)8(9)10/h6-7H,2-5H2,1H3. The van der Waals surface area contributed by atoms with Crippen LogP contribution in [-0.4, -0.2) is 5.24 Å². The van der Waals surface area contributed by atoms with Crippen molar-refractivity contribution in [3.05, 3.63) is 0 Å². The van der Waals surface area contributed by atoms with Crippen LogP contribution in [0.25, 0.3) is 0 Å². The molecule has 1 nitrogen and oxygen atoms in total. The van der Waals surface area contributed by atoms with Crippen molar-refractivity contribution in [3.63, 3.8) is 0 Å². The second-order valence-corrected chi connectivity index (χ2v) is 3.54. The molecule has 2 unspecified atom stereocenters. The molecule has 0 aromatic carbocycles. The summed E-state index contributed by atoms with van der Waals surface area (Å²) in [6.45, 7) is 2.12. The SMILES string of the molecule is CC1CCCCC1C(=O)Cl. The lowest BCUT2D eigenvalue weighted by atomic mass is 9.81. The van der Waals surface area contributed by atoms with Crippen LogP contribution >= 0.6 is 11.6 Å². The fourth-order valence-corrected chi connectivity index (χ4v) is 1.98. The summed E-state index contributed by atoms with van der Waals surface area (Å²) in [4.78, 5) is 10.8. The normalized spacial score (nSPS) is 33.8. The molecule has 0 spiro atoms. The smallest absolute Gasteiger partial charge is 0.224 e. The first-order valence-corrected chi connectivity index (χ1v) is 4.29. The molecule has 2 atom stereocenters. The molecule has 1 aliphatic carbocycles. The topological polar surface area (TPSA) is 17.1 Å². The minimum atomic E-state index is -0.132. The van der Waals surface area contributed by atoms with Crippen molar-refractivity contribution >= 4 is 16.8 Å². The molecule has 0 aliphatic heterocycles. The third-order valence-corrected chi connectivity index (χ3v) is 2.68. The van der Waals surface area contributed by atoms with Gasteiger partial charge in [0.15, 0.2) is 0 Å². The van der Waals surface area contributed by atoms with Gasteiger partial charge in [-0.15, -0.1) is 0 Å². The first-order chi connectivity index (χ1) is 4.72. The van der Waals surface area contributed by atoms with Gasteiger partial charge >= 0.3 is 0 Å². The van der Waals surface area contributed by atoms with Crippen molar-refractivity contribution in [2.45, 2.75) is 32.6 Å². The number of carbonyl (C=O) groups is 1. The summed E-state index contributed by atoms with van der Waals surface area (Å²) in [5.41, 5.74) is 0. The highest BCUT2D eigenvalue weighted by atomic mass is 35.5. The third-order valence-electron chi connectivity index (χ3n) is 2.40. The van der Waals surface area contributed by atoms with E-state index in [1.165, 1.54) is 19.3 Å². The molecule has 2 heteroatoms. The molecular formula is C8H13ClO. The van der Waals surface area contributed by atoms with E-state index in [0.717, 1.165) is 6.42 Å². The Morgan fingerprint density at radius 1 is 1.40 bits per heavy atom. The van der Waals surface area contributed by atoms with Crippen LogP contribution in [0.15, 0.2) is 0 Å². The zero-order valence-corrected chi connectivity index (χ0v) is 7.03. The van der Waals surface area contributed by atoms with Gasteiger partial charge in [-0.3, -0.25) is 4.79 Å². The zero-order valence-electron chi connectivity index (χ0n) is 6.27. The molecule has 0 radical (unpaired) electrons. The van der Waals surface area contributed by atoms with Crippen molar-refractivity contribution in [2.24, 2.45) is 11.8 Å². The van der Waals surface area contributed by atoms with E-state index in [0.29, 0.717) is 5.92 Å². The molecule has 0 aromatic rings. The van der Waals surface area contributed by atoms with Gasteiger partial charge in [-0.2, -0.15) is 0 Å². The number of hydrogen-bond donors (Lipinski definition) is 0. The highest BCUT2D eigenvalue weighted by Crippen LogP contribution is 2.30. The lowest BCUT2D eigenvalue weighted by molar-refractivity contribution is -0.117. The molecule has 0 amide bonds. The van der Waals surface area contributed by atoms with Crippen LogP contribution in [0.2, 0.25) is 0 Å². The van der Waals surface area contributed by atoms with Crippen LogP contribution < -0.4 is 0 Å². The summed E-state index contributed by atoms with van der Waals surface area (Å²) in [6.07, 6.45) is 4.61. The Hall–Kier alpha value is -0.0400. The zero-order chi connectivity index (χ0) is 7.56. The first kappa shape index (κ1) is 8.06. The van der Waals surface area contributed by atoms with Gasteiger partial charge in [0, 0.05) is 5.92 Å². The lowest BCUT2D eigenvalue weighted by Gasteiger charge is -2.24. The molecule has 1 saturated carbocycles. The quantitative estimate of drug-likeness (QED) is 0.539. The Labute approximate surface area is 66.8 Å². The van der Waals surface area contributed by atoms with Gasteiger partial charge in [0.1, 0.15) is 0 Å². The van der Waals surface area contributed by atoms with Crippen molar-refractivity contribution in [1.29, 1.82) is 0 Å². The van der Waals surface area contributed by atoms with Gasteiger partial charge in [-0.05, 0) is 30.4 Å². The fraction of sp³-hybridized carbons (Fsp3) is 0.875. The maximum atomic E-state index is 10.8. The monoisotopic (exact) mass is 160 g/mol. The van der Waals surface area contributed by atoms with E-state index in [4.69, 9.17) is 11.6 Å². The molecule has 0 aromatic heterocycles. The molecule has 0 heterocycles. The van der Waals surface area contributed by atoms with Crippen LogP contribution in [0.3, 0.4) is 0 Å². The Bertz CT molecular complexity index is 133. The summed E-state index contributed by atoms with van der Waals surface area (Å²) in [5, 5.41) is -0.132. The molecule has 58 valence electrons. The van der Waals surface area contributed by atoms with Crippen LogP contribution in [-0.2, 0) is 4.79 Å². The Morgan fingerprint density at radius 2 is 2.00 bits per heavy atom. The molecule has 1 fully saturated rings. The van der Waals surface area contributed by atoms with Crippen molar-refractivity contribution in [2.75, 3.05) is 0 Å². The molecule has 1 rings (SSSR count). The van der Waals surface area contributed by atoms with E-state index < -0.39 is 0 Å². The van der Waals surface area contributed by atoms with Gasteiger partial charge in [0.05, 0.1) is 0 Å². The number of carbonyl (C=O) groups excluding carboxylic acids is 1. The Morgan fingerprint density at radius 3 is 2.40 bits per heavy atom. The van der Waals surface area contributed by atoms with E-state index in [-0.39, 0.29) is 11.2 Å². The maximum absolute atomic E-state index is 10.8. The summed E-state index contributed by atoms with van der Waals surface area (Å²) in [7, 11) is 0. The fourth-order valence-electron chi connectivity index (χ4n) is 1.65. The van der Waals surface area contributed by atoms with E-state index in [1.54, 1.807) is 0 Å². The summed E-state index contributed by atoms with van der Waals surface area (Å²) < 4.78 is 0. The summed E-state index contributed by atoms with van der Waals surface area (Å²) in [5.74, 6) is 0.661. The molecule has 0 bridgehead atoms. The maximum Gasteiger partial charge on any atom is 0.224 e. The minimum absolute atomic E-state index is 0.132. The highest BCUT2D eigenvalue weighted by molar-refractivity contribution is 6.64. The molecule has 1 aliphatic rings. The highest BCUT2D eigenvalue weighted by Gasteiger charge is 2.25. The van der Waals surface area contributed by atoms with Gasteiger partial charge < -0.3 is 0 Å². The lowest BCUT2D eigenvalue weighted by Crippen LogP contribution is -2.21. The number of halogens is 1. The van der Waals surface area contributed by atoms with E-state index in [9.17, 15) is 4.79 Å². The largest absolute Gasteiger partial charge is 0.281 e. The van der Waals surface area contributed by atoms with E-state index in [2.05, 4.69) is 6.92 Å². The third kappa shape index (κ3) is 1.72. The van der Waals surface area contributed by atoms with Crippen molar-refractivity contribution in [1.82, 2.24) is 0 Å². The average Bonchev–Trinajstić information content (AvgIpc) is 1.88. The van der Waals surface area contributed by atoms with Crippen LogP contribution in [0, 0.1) is 11.8 Å². The Kier molecular flexibility index (Phi) is 2.72. The Balaban J connectivity index is 2.47. The predicted octanol–water partition coefficient (Wildman–Crippen LogP) is 2.58. The van der Waals surface area contributed by atoms with E-state index in [1.807, 2.05) is 0 Å².